The number of esters is 1. The summed E-state index contributed by atoms with van der Waals surface area (Å²) in [6, 6.07) is 0. The summed E-state index contributed by atoms with van der Waals surface area (Å²) in [4.78, 5) is 11.3. The fourth-order valence-electron chi connectivity index (χ4n) is 1.45. The zero-order valence-corrected chi connectivity index (χ0v) is 12.9. The van der Waals surface area contributed by atoms with Crippen LogP contribution in [0.4, 0.5) is 0 Å². The summed E-state index contributed by atoms with van der Waals surface area (Å²) in [5.41, 5.74) is 0. The maximum atomic E-state index is 11.3. The van der Waals surface area contributed by atoms with Crippen LogP contribution in [-0.2, 0) is 14.0 Å². The molecule has 0 saturated carbocycles. The van der Waals surface area contributed by atoms with Crippen LogP contribution in [0.2, 0.25) is 19.6 Å². The molecular formula is C13H28O3Si. The largest absolute Gasteiger partial charge is 0.463 e. The van der Waals surface area contributed by atoms with Gasteiger partial charge in [-0.2, -0.15) is 0 Å². The minimum atomic E-state index is -1.46. The lowest BCUT2D eigenvalue weighted by Crippen LogP contribution is -2.27. The number of rotatable bonds is 10. The van der Waals surface area contributed by atoms with E-state index in [1.807, 2.05) is 0 Å². The van der Waals surface area contributed by atoms with Crippen molar-refractivity contribution in [1.29, 1.82) is 0 Å². The molecule has 0 rings (SSSR count). The Hall–Kier alpha value is -0.353. The first-order chi connectivity index (χ1) is 7.95. The molecule has 0 aliphatic carbocycles. The van der Waals surface area contributed by atoms with Crippen molar-refractivity contribution < 1.29 is 14.0 Å². The second kappa shape index (κ2) is 9.65. The highest BCUT2D eigenvalue weighted by Gasteiger charge is 2.13. The summed E-state index contributed by atoms with van der Waals surface area (Å²) in [6.45, 7) is 9.51. The molecule has 0 radical (unpaired) electrons. The van der Waals surface area contributed by atoms with Crippen molar-refractivity contribution in [2.24, 2.45) is 0 Å². The van der Waals surface area contributed by atoms with Crippen LogP contribution in [0, 0.1) is 0 Å². The second-order valence-corrected chi connectivity index (χ2v) is 9.86. The number of carbonyl (C=O) groups is 1. The molecule has 102 valence electrons. The summed E-state index contributed by atoms with van der Waals surface area (Å²) >= 11 is 0. The van der Waals surface area contributed by atoms with E-state index in [1.165, 1.54) is 19.3 Å². The van der Waals surface area contributed by atoms with Gasteiger partial charge in [-0.25, -0.2) is 0 Å². The van der Waals surface area contributed by atoms with E-state index in [1.54, 1.807) is 0 Å². The van der Waals surface area contributed by atoms with E-state index in [2.05, 4.69) is 26.6 Å². The average Bonchev–Trinajstić information content (AvgIpc) is 2.23. The number of hydrogen-bond acceptors (Lipinski definition) is 3. The van der Waals surface area contributed by atoms with Gasteiger partial charge in [0.05, 0.1) is 6.61 Å². The number of hydrogen-bond donors (Lipinski definition) is 0. The number of unbranched alkanes of at least 4 members (excludes halogenated alkanes) is 4. The molecule has 0 heterocycles. The highest BCUT2D eigenvalue weighted by atomic mass is 28.4. The van der Waals surface area contributed by atoms with Crippen LogP contribution in [-0.4, -0.2) is 27.5 Å². The van der Waals surface area contributed by atoms with Crippen LogP contribution in [0.3, 0.4) is 0 Å². The Kier molecular flexibility index (Phi) is 9.45. The summed E-state index contributed by atoms with van der Waals surface area (Å²) in [5, 5.41) is 0. The standard InChI is InChI=1S/C13H28O3Si/c1-5-6-7-8-9-10-13(14)15-11-12-16-17(2,3)4/h5-12H2,1-4H3. The molecule has 4 heteroatoms. The van der Waals surface area contributed by atoms with Crippen molar-refractivity contribution in [2.75, 3.05) is 13.2 Å². The van der Waals surface area contributed by atoms with Gasteiger partial charge in [0, 0.05) is 6.42 Å². The van der Waals surface area contributed by atoms with Crippen molar-refractivity contribution in [3.8, 4) is 0 Å². The van der Waals surface area contributed by atoms with Crippen molar-refractivity contribution in [1.82, 2.24) is 0 Å². The summed E-state index contributed by atoms with van der Waals surface area (Å²) in [7, 11) is -1.46. The monoisotopic (exact) mass is 260 g/mol. The molecule has 0 spiro atoms. The van der Waals surface area contributed by atoms with Crippen molar-refractivity contribution in [3.63, 3.8) is 0 Å². The van der Waals surface area contributed by atoms with E-state index >= 15 is 0 Å². The van der Waals surface area contributed by atoms with Gasteiger partial charge in [0.25, 0.3) is 0 Å². The van der Waals surface area contributed by atoms with E-state index in [9.17, 15) is 4.79 Å². The molecule has 0 atom stereocenters. The number of carbonyl (C=O) groups excluding carboxylic acids is 1. The predicted molar refractivity (Wildman–Crippen MR) is 73.6 cm³/mol. The highest BCUT2D eigenvalue weighted by Crippen LogP contribution is 2.06. The third kappa shape index (κ3) is 13.6. The highest BCUT2D eigenvalue weighted by molar-refractivity contribution is 6.69. The summed E-state index contributed by atoms with van der Waals surface area (Å²) < 4.78 is 10.7. The van der Waals surface area contributed by atoms with E-state index in [0.717, 1.165) is 12.8 Å². The van der Waals surface area contributed by atoms with Gasteiger partial charge >= 0.3 is 5.97 Å². The second-order valence-electron chi connectivity index (χ2n) is 5.35. The van der Waals surface area contributed by atoms with Crippen LogP contribution >= 0.6 is 0 Å². The molecule has 0 aliphatic heterocycles. The van der Waals surface area contributed by atoms with Crippen LogP contribution < -0.4 is 0 Å². The SMILES string of the molecule is CCCCCCCC(=O)OCCO[Si](C)(C)C. The normalized spacial score (nSPS) is 11.5. The van der Waals surface area contributed by atoms with E-state index < -0.39 is 8.32 Å². The van der Waals surface area contributed by atoms with Crippen molar-refractivity contribution in [2.45, 2.75) is 65.1 Å². The first-order valence-corrected chi connectivity index (χ1v) is 10.2. The molecule has 0 fully saturated rings. The molecular weight excluding hydrogens is 232 g/mol. The Bertz CT molecular complexity index is 199. The summed E-state index contributed by atoms with van der Waals surface area (Å²) in [6.07, 6.45) is 6.36. The van der Waals surface area contributed by atoms with Gasteiger partial charge in [0.1, 0.15) is 6.61 Å². The van der Waals surface area contributed by atoms with Gasteiger partial charge in [0.2, 0.25) is 0 Å². The Labute approximate surface area is 107 Å². The molecule has 17 heavy (non-hydrogen) atoms. The van der Waals surface area contributed by atoms with E-state index in [-0.39, 0.29) is 5.97 Å². The minimum Gasteiger partial charge on any atom is -0.463 e. The summed E-state index contributed by atoms with van der Waals surface area (Å²) in [5.74, 6) is -0.0827. The lowest BCUT2D eigenvalue weighted by atomic mass is 10.1. The average molecular weight is 260 g/mol. The van der Waals surface area contributed by atoms with Gasteiger partial charge in [-0.1, -0.05) is 32.6 Å². The Balaban J connectivity index is 3.29. The van der Waals surface area contributed by atoms with Gasteiger partial charge in [-0.05, 0) is 26.1 Å². The topological polar surface area (TPSA) is 35.5 Å². The third-order valence-corrected chi connectivity index (χ3v) is 3.44. The van der Waals surface area contributed by atoms with Crippen molar-refractivity contribution >= 4 is 14.3 Å². The molecule has 0 aromatic heterocycles. The Morgan fingerprint density at radius 1 is 1.00 bits per heavy atom. The first-order valence-electron chi connectivity index (χ1n) is 6.75. The smallest absolute Gasteiger partial charge is 0.305 e. The van der Waals surface area contributed by atoms with Gasteiger partial charge in [0.15, 0.2) is 8.32 Å². The quantitative estimate of drug-likeness (QED) is 0.341. The molecule has 0 aromatic rings. The van der Waals surface area contributed by atoms with Crippen LogP contribution in [0.5, 0.6) is 0 Å². The van der Waals surface area contributed by atoms with Crippen LogP contribution in [0.25, 0.3) is 0 Å². The maximum Gasteiger partial charge on any atom is 0.305 e. The zero-order valence-electron chi connectivity index (χ0n) is 11.9. The molecule has 0 amide bonds. The van der Waals surface area contributed by atoms with Crippen LogP contribution in [0.1, 0.15) is 45.4 Å². The first kappa shape index (κ1) is 16.6. The molecule has 0 N–H and O–H groups in total. The molecule has 0 saturated heterocycles. The fourth-order valence-corrected chi connectivity index (χ4v) is 2.14. The minimum absolute atomic E-state index is 0.0827. The van der Waals surface area contributed by atoms with Crippen LogP contribution in [0.15, 0.2) is 0 Å². The molecule has 3 nitrogen and oxygen atoms in total. The molecule has 0 aliphatic rings. The van der Waals surface area contributed by atoms with Gasteiger partial charge < -0.3 is 9.16 Å². The molecule has 0 unspecified atom stereocenters. The third-order valence-electron chi connectivity index (χ3n) is 2.37. The van der Waals surface area contributed by atoms with E-state index in [0.29, 0.717) is 19.6 Å². The lowest BCUT2D eigenvalue weighted by Gasteiger charge is -2.16. The Morgan fingerprint density at radius 3 is 2.24 bits per heavy atom. The number of ether oxygens (including phenoxy) is 1. The maximum absolute atomic E-state index is 11.3. The fraction of sp³-hybridized carbons (Fsp3) is 0.923. The molecule has 0 aromatic carbocycles. The zero-order chi connectivity index (χ0) is 13.1. The Morgan fingerprint density at radius 2 is 1.65 bits per heavy atom. The van der Waals surface area contributed by atoms with Gasteiger partial charge in [-0.3, -0.25) is 4.79 Å². The predicted octanol–water partition coefficient (Wildman–Crippen LogP) is 3.74. The van der Waals surface area contributed by atoms with Crippen molar-refractivity contribution in [3.05, 3.63) is 0 Å². The van der Waals surface area contributed by atoms with Gasteiger partial charge in [-0.15, -0.1) is 0 Å². The van der Waals surface area contributed by atoms with E-state index in [4.69, 9.17) is 9.16 Å². The lowest BCUT2D eigenvalue weighted by molar-refractivity contribution is -0.144. The molecule has 0 bridgehead atoms.